The highest BCUT2D eigenvalue weighted by molar-refractivity contribution is 5.27. The molecule has 29 heavy (non-hydrogen) atoms. The lowest BCUT2D eigenvalue weighted by molar-refractivity contribution is -0.141. The summed E-state index contributed by atoms with van der Waals surface area (Å²) >= 11 is 0. The van der Waals surface area contributed by atoms with Gasteiger partial charge < -0.3 is 5.11 Å². The molecule has 1 aromatic heterocycles. The molecule has 6 heteroatoms. The number of hydrogen-bond acceptors (Lipinski definition) is 2. The first kappa shape index (κ1) is 19.7. The Morgan fingerprint density at radius 3 is 2.62 bits per heavy atom. The third-order valence-corrected chi connectivity index (χ3v) is 9.34. The molecule has 4 aliphatic rings. The molecule has 0 spiro atoms. The molecule has 0 aromatic carbocycles. The van der Waals surface area contributed by atoms with Crippen LogP contribution in [0.2, 0.25) is 0 Å². The maximum Gasteiger partial charge on any atom is 0.435 e. The van der Waals surface area contributed by atoms with Crippen molar-refractivity contribution in [1.82, 2.24) is 10.2 Å². The summed E-state index contributed by atoms with van der Waals surface area (Å²) in [7, 11) is 0. The van der Waals surface area contributed by atoms with Gasteiger partial charge in [-0.2, -0.15) is 18.3 Å². The largest absolute Gasteiger partial charge is 0.435 e. The number of aromatic nitrogens is 2. The van der Waals surface area contributed by atoms with Crippen LogP contribution in [-0.2, 0) is 6.18 Å². The molecule has 3 fully saturated rings. The molecule has 0 unspecified atom stereocenters. The number of aliphatic hydroxyl groups is 1. The second-order valence-electron chi connectivity index (χ2n) is 10.5. The molecule has 1 aromatic rings. The van der Waals surface area contributed by atoms with Gasteiger partial charge in [0.2, 0.25) is 0 Å². The average Bonchev–Trinajstić information content (AvgIpc) is 3.26. The van der Waals surface area contributed by atoms with Crippen molar-refractivity contribution in [2.24, 2.45) is 28.6 Å². The summed E-state index contributed by atoms with van der Waals surface area (Å²) in [5.74, 6) is 1.92. The first-order valence-corrected chi connectivity index (χ1v) is 11.1. The number of allylic oxidation sites excluding steroid dienone is 1. The Labute approximate surface area is 170 Å². The van der Waals surface area contributed by atoms with Crippen molar-refractivity contribution >= 4 is 0 Å². The Morgan fingerprint density at radius 2 is 1.90 bits per heavy atom. The Balaban J connectivity index is 1.43. The van der Waals surface area contributed by atoms with E-state index in [1.165, 1.54) is 11.6 Å². The summed E-state index contributed by atoms with van der Waals surface area (Å²) in [5, 5.41) is 16.4. The molecule has 3 saturated carbocycles. The number of nitrogens with one attached hydrogen (secondary N) is 1. The molecule has 5 rings (SSSR count). The minimum Gasteiger partial charge on any atom is -0.393 e. The Bertz CT molecular complexity index is 830. The second-order valence-corrected chi connectivity index (χ2v) is 10.5. The van der Waals surface area contributed by atoms with Crippen LogP contribution >= 0.6 is 0 Å². The van der Waals surface area contributed by atoms with Crippen LogP contribution in [0.15, 0.2) is 17.7 Å². The third-order valence-electron chi connectivity index (χ3n) is 9.34. The number of rotatable bonds is 1. The van der Waals surface area contributed by atoms with E-state index in [2.05, 4.69) is 30.1 Å². The fourth-order valence-electron chi connectivity index (χ4n) is 7.81. The van der Waals surface area contributed by atoms with Gasteiger partial charge in [0, 0.05) is 11.6 Å². The van der Waals surface area contributed by atoms with E-state index < -0.39 is 11.9 Å². The monoisotopic (exact) mass is 408 g/mol. The van der Waals surface area contributed by atoms with Gasteiger partial charge in [0.15, 0.2) is 5.69 Å². The summed E-state index contributed by atoms with van der Waals surface area (Å²) in [6, 6.07) is 1.24. The lowest BCUT2D eigenvalue weighted by Crippen LogP contribution is -2.50. The lowest BCUT2D eigenvalue weighted by Gasteiger charge is -2.58. The van der Waals surface area contributed by atoms with Gasteiger partial charge in [-0.25, -0.2) is 0 Å². The van der Waals surface area contributed by atoms with Gasteiger partial charge in [0.25, 0.3) is 0 Å². The number of alkyl halides is 3. The second kappa shape index (κ2) is 6.35. The van der Waals surface area contributed by atoms with Crippen LogP contribution in [0.5, 0.6) is 0 Å². The van der Waals surface area contributed by atoms with Crippen molar-refractivity contribution in [2.45, 2.75) is 83.4 Å². The molecule has 4 aliphatic carbocycles. The van der Waals surface area contributed by atoms with E-state index in [0.717, 1.165) is 51.4 Å². The van der Waals surface area contributed by atoms with Crippen LogP contribution in [0.25, 0.3) is 0 Å². The van der Waals surface area contributed by atoms with Crippen LogP contribution in [0.4, 0.5) is 13.2 Å². The lowest BCUT2D eigenvalue weighted by atomic mass is 9.47. The van der Waals surface area contributed by atoms with Crippen LogP contribution in [-0.4, -0.2) is 21.4 Å². The van der Waals surface area contributed by atoms with Crippen molar-refractivity contribution in [3.8, 4) is 0 Å². The van der Waals surface area contributed by atoms with Gasteiger partial charge >= 0.3 is 6.18 Å². The number of halogens is 3. The van der Waals surface area contributed by atoms with Gasteiger partial charge in [-0.15, -0.1) is 0 Å². The van der Waals surface area contributed by atoms with Crippen molar-refractivity contribution in [3.05, 3.63) is 29.1 Å². The van der Waals surface area contributed by atoms with E-state index in [9.17, 15) is 18.3 Å². The van der Waals surface area contributed by atoms with E-state index in [1.54, 1.807) is 0 Å². The summed E-state index contributed by atoms with van der Waals surface area (Å²) in [4.78, 5) is 0. The molecule has 2 N–H and O–H groups in total. The maximum atomic E-state index is 13.1. The SMILES string of the molecule is C[C@]12CC[C@H]3[C@@H](CC=C4C[C@H](O)CC[C@@]43C)[C@@H]1CC[C@H]2c1cc(C(F)(F)F)n[nH]1. The fourth-order valence-corrected chi connectivity index (χ4v) is 7.81. The quantitative estimate of drug-likeness (QED) is 0.574. The summed E-state index contributed by atoms with van der Waals surface area (Å²) in [6.07, 6.45) is 5.87. The molecule has 0 bridgehead atoms. The Morgan fingerprint density at radius 1 is 1.10 bits per heavy atom. The molecule has 7 atom stereocenters. The smallest absolute Gasteiger partial charge is 0.393 e. The molecule has 0 aliphatic heterocycles. The topological polar surface area (TPSA) is 48.9 Å². The van der Waals surface area contributed by atoms with Crippen LogP contribution in [0.3, 0.4) is 0 Å². The Kier molecular flexibility index (Phi) is 4.30. The molecular formula is C23H31F3N2O. The highest BCUT2D eigenvalue weighted by Gasteiger charge is 2.59. The summed E-state index contributed by atoms with van der Waals surface area (Å²) in [6.45, 7) is 4.72. The number of fused-ring (bicyclic) bond motifs is 5. The zero-order valence-corrected chi connectivity index (χ0v) is 17.2. The van der Waals surface area contributed by atoms with E-state index in [4.69, 9.17) is 0 Å². The first-order valence-electron chi connectivity index (χ1n) is 11.1. The zero-order valence-electron chi connectivity index (χ0n) is 17.2. The van der Waals surface area contributed by atoms with Crippen LogP contribution < -0.4 is 0 Å². The maximum absolute atomic E-state index is 13.1. The van der Waals surface area contributed by atoms with Crippen molar-refractivity contribution < 1.29 is 18.3 Å². The fraction of sp³-hybridized carbons (Fsp3) is 0.783. The highest BCUT2D eigenvalue weighted by Crippen LogP contribution is 2.67. The van der Waals surface area contributed by atoms with Gasteiger partial charge in [-0.1, -0.05) is 25.5 Å². The van der Waals surface area contributed by atoms with E-state index in [1.807, 2.05) is 0 Å². The minimum atomic E-state index is -4.39. The van der Waals surface area contributed by atoms with E-state index in [-0.39, 0.29) is 22.9 Å². The third kappa shape index (κ3) is 2.84. The van der Waals surface area contributed by atoms with Gasteiger partial charge in [-0.05, 0) is 86.0 Å². The van der Waals surface area contributed by atoms with Crippen LogP contribution in [0.1, 0.15) is 82.5 Å². The number of H-pyrrole nitrogens is 1. The predicted molar refractivity (Wildman–Crippen MR) is 104 cm³/mol. The standard InChI is InChI=1S/C23H31F3N2O/c1-21-9-7-14(29)11-13(21)3-4-15-16-5-6-18(22(16,2)10-8-17(15)21)19-12-20(28-27-19)23(24,25)26/h3,12,14-18,29H,4-11H2,1-2H3,(H,27,28)/t14-,15+,16+,17+,18+,21+,22+/m1/s1. The van der Waals surface area contributed by atoms with Crippen molar-refractivity contribution in [1.29, 1.82) is 0 Å². The molecule has 3 nitrogen and oxygen atoms in total. The van der Waals surface area contributed by atoms with Gasteiger partial charge in [-0.3, -0.25) is 5.10 Å². The van der Waals surface area contributed by atoms with Gasteiger partial charge in [0.1, 0.15) is 0 Å². The van der Waals surface area contributed by atoms with Crippen molar-refractivity contribution in [2.75, 3.05) is 0 Å². The minimum absolute atomic E-state index is 0.0342. The first-order chi connectivity index (χ1) is 13.6. The summed E-state index contributed by atoms with van der Waals surface area (Å²) < 4.78 is 39.2. The molecule has 0 saturated heterocycles. The normalized spacial score (nSPS) is 44.6. The Hall–Kier alpha value is -1.30. The molecule has 0 radical (unpaired) electrons. The molecule has 0 amide bonds. The molecular weight excluding hydrogens is 377 g/mol. The number of hydrogen-bond donors (Lipinski definition) is 2. The number of aliphatic hydroxyl groups excluding tert-OH is 1. The van der Waals surface area contributed by atoms with Crippen molar-refractivity contribution in [3.63, 3.8) is 0 Å². The average molecular weight is 409 g/mol. The highest BCUT2D eigenvalue weighted by atomic mass is 19.4. The number of nitrogens with zero attached hydrogens (tertiary/aromatic N) is 1. The zero-order chi connectivity index (χ0) is 20.6. The van der Waals surface area contributed by atoms with Gasteiger partial charge in [0.05, 0.1) is 6.10 Å². The van der Waals surface area contributed by atoms with E-state index >= 15 is 0 Å². The molecule has 160 valence electrons. The van der Waals surface area contributed by atoms with E-state index in [0.29, 0.717) is 23.4 Å². The number of aromatic amines is 1. The van der Waals surface area contributed by atoms with Crippen LogP contribution in [0, 0.1) is 28.6 Å². The summed E-state index contributed by atoms with van der Waals surface area (Å²) in [5.41, 5.74) is 1.55. The predicted octanol–water partition coefficient (Wildman–Crippen LogP) is 5.84. The molecule has 1 heterocycles.